The number of rotatable bonds is 5. The van der Waals surface area contributed by atoms with Crippen molar-refractivity contribution in [1.29, 1.82) is 0 Å². The molecule has 1 aliphatic heterocycles. The number of hydrogen-bond acceptors (Lipinski definition) is 3. The van der Waals surface area contributed by atoms with Crippen LogP contribution in [0.4, 0.5) is 5.69 Å². The Kier molecular flexibility index (Phi) is 4.49. The fourth-order valence-electron chi connectivity index (χ4n) is 2.87. The Bertz CT molecular complexity index is 589. The van der Waals surface area contributed by atoms with Gasteiger partial charge in [0.25, 0.3) is 0 Å². The average molecular weight is 366 g/mol. The summed E-state index contributed by atoms with van der Waals surface area (Å²) in [4.78, 5) is 26.4. The molecule has 2 fully saturated rings. The molecule has 118 valence electrons. The summed E-state index contributed by atoms with van der Waals surface area (Å²) in [5.41, 5.74) is 6.80. The summed E-state index contributed by atoms with van der Waals surface area (Å²) in [7, 11) is 0. The van der Waals surface area contributed by atoms with E-state index in [1.807, 2.05) is 24.3 Å². The lowest BCUT2D eigenvalue weighted by molar-refractivity contribution is -0.132. The molecular formula is C16H20BrN3O2. The first-order valence-electron chi connectivity index (χ1n) is 7.67. The van der Waals surface area contributed by atoms with Gasteiger partial charge in [-0.2, -0.15) is 0 Å². The van der Waals surface area contributed by atoms with E-state index in [4.69, 9.17) is 5.73 Å². The first kappa shape index (κ1) is 15.5. The molecule has 1 saturated heterocycles. The summed E-state index contributed by atoms with van der Waals surface area (Å²) < 4.78 is 0.861. The Labute approximate surface area is 138 Å². The van der Waals surface area contributed by atoms with E-state index in [2.05, 4.69) is 21.2 Å². The molecular weight excluding hydrogens is 346 g/mol. The molecule has 0 bridgehead atoms. The van der Waals surface area contributed by atoms with Gasteiger partial charge in [-0.1, -0.05) is 12.1 Å². The summed E-state index contributed by atoms with van der Waals surface area (Å²) in [6.45, 7) is 1.02. The van der Waals surface area contributed by atoms with Gasteiger partial charge in [-0.05, 0) is 53.2 Å². The minimum atomic E-state index is -0.599. The van der Waals surface area contributed by atoms with Gasteiger partial charge in [0.1, 0.15) is 5.92 Å². The molecule has 0 aromatic heterocycles. The van der Waals surface area contributed by atoms with E-state index in [-0.39, 0.29) is 17.9 Å². The van der Waals surface area contributed by atoms with Crippen LogP contribution in [-0.2, 0) is 9.59 Å². The van der Waals surface area contributed by atoms with Gasteiger partial charge in [-0.15, -0.1) is 0 Å². The smallest absolute Gasteiger partial charge is 0.239 e. The number of para-hydroxylation sites is 1. The molecule has 1 aliphatic carbocycles. The van der Waals surface area contributed by atoms with E-state index in [1.165, 1.54) is 0 Å². The highest BCUT2D eigenvalue weighted by molar-refractivity contribution is 9.10. The molecule has 0 spiro atoms. The van der Waals surface area contributed by atoms with Crippen LogP contribution in [0, 0.1) is 11.8 Å². The first-order valence-corrected chi connectivity index (χ1v) is 8.46. The van der Waals surface area contributed by atoms with Crippen LogP contribution in [0.3, 0.4) is 0 Å². The third-order valence-corrected chi connectivity index (χ3v) is 5.08. The van der Waals surface area contributed by atoms with E-state index < -0.39 is 5.92 Å². The van der Waals surface area contributed by atoms with Crippen LogP contribution < -0.4 is 16.0 Å². The number of carbonyl (C=O) groups excluding carboxylic acids is 2. The maximum atomic E-state index is 12.5. The van der Waals surface area contributed by atoms with Crippen molar-refractivity contribution < 1.29 is 9.59 Å². The zero-order valence-electron chi connectivity index (χ0n) is 12.3. The Morgan fingerprint density at radius 3 is 2.77 bits per heavy atom. The van der Waals surface area contributed by atoms with Crippen LogP contribution in [-0.4, -0.2) is 30.9 Å². The average Bonchev–Trinajstić information content (AvgIpc) is 3.29. The van der Waals surface area contributed by atoms with Crippen molar-refractivity contribution in [3.05, 3.63) is 28.7 Å². The number of benzene rings is 1. The first-order chi connectivity index (χ1) is 10.6. The number of hydrogen-bond donors (Lipinski definition) is 2. The maximum absolute atomic E-state index is 12.5. The molecule has 2 unspecified atom stereocenters. The van der Waals surface area contributed by atoms with Crippen molar-refractivity contribution in [1.82, 2.24) is 5.32 Å². The Hall–Kier alpha value is -1.40. The number of anilines is 1. The molecule has 1 heterocycles. The van der Waals surface area contributed by atoms with Crippen LogP contribution in [0.5, 0.6) is 0 Å². The molecule has 3 N–H and O–H groups in total. The SMILES string of the molecule is NC(CNC(=O)C1CCN(c2ccccc2Br)C1=O)C1CC1. The molecule has 22 heavy (non-hydrogen) atoms. The van der Waals surface area contributed by atoms with Gasteiger partial charge in [-0.25, -0.2) is 0 Å². The van der Waals surface area contributed by atoms with Gasteiger partial charge in [0.2, 0.25) is 11.8 Å². The molecule has 5 nitrogen and oxygen atoms in total. The summed E-state index contributed by atoms with van der Waals surface area (Å²) >= 11 is 3.45. The van der Waals surface area contributed by atoms with Crippen LogP contribution in [0.1, 0.15) is 19.3 Å². The lowest BCUT2D eigenvalue weighted by Gasteiger charge is -2.18. The fourth-order valence-corrected chi connectivity index (χ4v) is 3.36. The molecule has 2 atom stereocenters. The van der Waals surface area contributed by atoms with E-state index in [1.54, 1.807) is 4.90 Å². The zero-order chi connectivity index (χ0) is 15.7. The second kappa shape index (κ2) is 6.38. The van der Waals surface area contributed by atoms with E-state index in [0.717, 1.165) is 23.0 Å². The number of nitrogens with one attached hydrogen (secondary N) is 1. The Balaban J connectivity index is 1.60. The number of nitrogens with zero attached hydrogens (tertiary/aromatic N) is 1. The van der Waals surface area contributed by atoms with Crippen LogP contribution >= 0.6 is 15.9 Å². The monoisotopic (exact) mass is 365 g/mol. The van der Waals surface area contributed by atoms with Gasteiger partial charge in [0, 0.05) is 23.6 Å². The van der Waals surface area contributed by atoms with Crippen molar-refractivity contribution in [2.75, 3.05) is 18.0 Å². The fraction of sp³-hybridized carbons (Fsp3) is 0.500. The summed E-state index contributed by atoms with van der Waals surface area (Å²) in [5, 5.41) is 2.84. The summed E-state index contributed by atoms with van der Waals surface area (Å²) in [5.74, 6) is -0.394. The van der Waals surface area contributed by atoms with E-state index >= 15 is 0 Å². The molecule has 2 aliphatic rings. The van der Waals surface area contributed by atoms with Gasteiger partial charge >= 0.3 is 0 Å². The van der Waals surface area contributed by atoms with Gasteiger partial charge in [0.05, 0.1) is 5.69 Å². The second-order valence-corrected chi connectivity index (χ2v) is 6.88. The molecule has 3 rings (SSSR count). The zero-order valence-corrected chi connectivity index (χ0v) is 13.9. The standard InChI is InChI=1S/C16H20BrN3O2/c17-12-3-1-2-4-14(12)20-8-7-11(16(20)22)15(21)19-9-13(18)10-5-6-10/h1-4,10-11,13H,5-9,18H2,(H,19,21). The van der Waals surface area contributed by atoms with Crippen LogP contribution in [0.2, 0.25) is 0 Å². The quantitative estimate of drug-likeness (QED) is 0.779. The lowest BCUT2D eigenvalue weighted by atomic mass is 10.1. The number of nitrogens with two attached hydrogens (primary N) is 1. The van der Waals surface area contributed by atoms with Gasteiger partial charge in [-0.3, -0.25) is 9.59 Å². The maximum Gasteiger partial charge on any atom is 0.239 e. The highest BCUT2D eigenvalue weighted by Gasteiger charge is 2.38. The van der Waals surface area contributed by atoms with Crippen LogP contribution in [0.15, 0.2) is 28.7 Å². The Morgan fingerprint density at radius 2 is 2.09 bits per heavy atom. The highest BCUT2D eigenvalue weighted by Crippen LogP contribution is 2.32. The molecule has 0 radical (unpaired) electrons. The van der Waals surface area contributed by atoms with E-state index in [9.17, 15) is 9.59 Å². The molecule has 6 heteroatoms. The third-order valence-electron chi connectivity index (χ3n) is 4.40. The van der Waals surface area contributed by atoms with Crippen molar-refractivity contribution in [3.63, 3.8) is 0 Å². The van der Waals surface area contributed by atoms with Gasteiger partial charge in [0.15, 0.2) is 0 Å². The minimum absolute atomic E-state index is 0.0137. The van der Waals surface area contributed by atoms with Crippen molar-refractivity contribution >= 4 is 33.4 Å². The Morgan fingerprint density at radius 1 is 1.36 bits per heavy atom. The topological polar surface area (TPSA) is 75.4 Å². The number of halogens is 1. The third kappa shape index (κ3) is 3.17. The lowest BCUT2D eigenvalue weighted by Crippen LogP contribution is -2.43. The largest absolute Gasteiger partial charge is 0.354 e. The molecule has 1 aromatic carbocycles. The molecule has 1 aromatic rings. The van der Waals surface area contributed by atoms with E-state index in [0.29, 0.717) is 25.4 Å². The predicted molar refractivity (Wildman–Crippen MR) is 88.3 cm³/mol. The molecule has 1 saturated carbocycles. The predicted octanol–water partition coefficient (Wildman–Crippen LogP) is 1.66. The van der Waals surface area contributed by atoms with Crippen molar-refractivity contribution in [2.45, 2.75) is 25.3 Å². The number of amides is 2. The minimum Gasteiger partial charge on any atom is -0.354 e. The van der Waals surface area contributed by atoms with Crippen LogP contribution in [0.25, 0.3) is 0 Å². The molecule has 2 amide bonds. The normalized spacial score (nSPS) is 22.7. The second-order valence-electron chi connectivity index (χ2n) is 6.03. The number of carbonyl (C=O) groups is 2. The van der Waals surface area contributed by atoms with Gasteiger partial charge < -0.3 is 16.0 Å². The summed E-state index contributed by atoms with van der Waals surface area (Å²) in [6, 6.07) is 7.57. The summed E-state index contributed by atoms with van der Waals surface area (Å²) in [6.07, 6.45) is 2.84. The van der Waals surface area contributed by atoms with Crippen molar-refractivity contribution in [2.24, 2.45) is 17.6 Å². The highest BCUT2D eigenvalue weighted by atomic mass is 79.9. The van der Waals surface area contributed by atoms with Crippen molar-refractivity contribution in [3.8, 4) is 0 Å².